The van der Waals surface area contributed by atoms with E-state index in [0.29, 0.717) is 5.82 Å². The van der Waals surface area contributed by atoms with Crippen molar-refractivity contribution < 1.29 is 4.92 Å². The highest BCUT2D eigenvalue weighted by Crippen LogP contribution is 2.24. The highest BCUT2D eigenvalue weighted by Gasteiger charge is 2.15. The van der Waals surface area contributed by atoms with E-state index in [1.54, 1.807) is 17.0 Å². The zero-order chi connectivity index (χ0) is 15.1. The molecule has 0 saturated heterocycles. The smallest absolute Gasteiger partial charge is 0.311 e. The molecule has 0 fully saturated rings. The standard InChI is InChI=1S/C14H13N5O2/c1-8-5-10-12(6-9(8)2)18(7-16-10)13-4-3-11(19(20)21)14(15)17-13/h3-7H,1-2H3,(H2,15,17). The van der Waals surface area contributed by atoms with E-state index >= 15 is 0 Å². The van der Waals surface area contributed by atoms with Crippen molar-refractivity contribution in [2.24, 2.45) is 0 Å². The van der Waals surface area contributed by atoms with Crippen molar-refractivity contribution >= 4 is 22.5 Å². The molecular formula is C14H13N5O2. The van der Waals surface area contributed by atoms with Crippen LogP contribution >= 0.6 is 0 Å². The van der Waals surface area contributed by atoms with Crippen LogP contribution in [0.15, 0.2) is 30.6 Å². The lowest BCUT2D eigenvalue weighted by Gasteiger charge is -2.06. The zero-order valence-electron chi connectivity index (χ0n) is 11.6. The van der Waals surface area contributed by atoms with Crippen LogP contribution in [0.25, 0.3) is 16.9 Å². The Bertz CT molecular complexity index is 869. The Hall–Kier alpha value is -2.96. The third-order valence-electron chi connectivity index (χ3n) is 3.49. The predicted octanol–water partition coefficient (Wildman–Crippen LogP) is 2.53. The summed E-state index contributed by atoms with van der Waals surface area (Å²) in [4.78, 5) is 18.7. The van der Waals surface area contributed by atoms with E-state index in [-0.39, 0.29) is 11.5 Å². The Morgan fingerprint density at radius 2 is 1.95 bits per heavy atom. The summed E-state index contributed by atoms with van der Waals surface area (Å²) < 4.78 is 1.77. The molecule has 7 nitrogen and oxygen atoms in total. The van der Waals surface area contributed by atoms with Gasteiger partial charge in [-0.1, -0.05) is 0 Å². The normalized spacial score (nSPS) is 11.0. The monoisotopic (exact) mass is 283 g/mol. The Kier molecular flexibility index (Phi) is 2.83. The van der Waals surface area contributed by atoms with Crippen molar-refractivity contribution in [3.63, 3.8) is 0 Å². The summed E-state index contributed by atoms with van der Waals surface area (Å²) in [6, 6.07) is 6.92. The number of nitrogen functional groups attached to an aromatic ring is 1. The number of fused-ring (bicyclic) bond motifs is 1. The van der Waals surface area contributed by atoms with Gasteiger partial charge in [-0.05, 0) is 43.2 Å². The van der Waals surface area contributed by atoms with Crippen molar-refractivity contribution in [1.29, 1.82) is 0 Å². The van der Waals surface area contributed by atoms with Crippen LogP contribution in [0.2, 0.25) is 0 Å². The Labute approximate surface area is 120 Å². The van der Waals surface area contributed by atoms with E-state index in [4.69, 9.17) is 5.73 Å². The summed E-state index contributed by atoms with van der Waals surface area (Å²) in [7, 11) is 0. The number of imidazole rings is 1. The number of nitrogens with zero attached hydrogens (tertiary/aromatic N) is 4. The molecule has 0 bridgehead atoms. The number of benzene rings is 1. The molecule has 0 atom stereocenters. The van der Waals surface area contributed by atoms with Crippen LogP contribution in [0.3, 0.4) is 0 Å². The quantitative estimate of drug-likeness (QED) is 0.575. The van der Waals surface area contributed by atoms with Gasteiger partial charge in [0.1, 0.15) is 12.1 Å². The summed E-state index contributed by atoms with van der Waals surface area (Å²) in [6.07, 6.45) is 1.64. The minimum atomic E-state index is -0.550. The van der Waals surface area contributed by atoms with Gasteiger partial charge in [0.05, 0.1) is 16.0 Å². The first kappa shape index (κ1) is 13.0. The molecule has 0 unspecified atom stereocenters. The van der Waals surface area contributed by atoms with Gasteiger partial charge in [-0.2, -0.15) is 0 Å². The molecule has 0 amide bonds. The number of anilines is 1. The molecule has 0 spiro atoms. The second kappa shape index (κ2) is 4.55. The molecule has 2 heterocycles. The van der Waals surface area contributed by atoms with E-state index in [9.17, 15) is 10.1 Å². The SMILES string of the molecule is Cc1cc2ncn(-c3ccc([N+](=O)[O-])c(N)n3)c2cc1C. The van der Waals surface area contributed by atoms with Gasteiger partial charge in [-0.25, -0.2) is 9.97 Å². The number of rotatable bonds is 2. The van der Waals surface area contributed by atoms with E-state index < -0.39 is 4.92 Å². The fourth-order valence-electron chi connectivity index (χ4n) is 2.19. The molecule has 2 N–H and O–H groups in total. The van der Waals surface area contributed by atoms with Crippen molar-refractivity contribution in [2.45, 2.75) is 13.8 Å². The van der Waals surface area contributed by atoms with Crippen LogP contribution in [-0.4, -0.2) is 19.5 Å². The highest BCUT2D eigenvalue weighted by molar-refractivity contribution is 5.79. The Morgan fingerprint density at radius 3 is 2.62 bits per heavy atom. The number of pyridine rings is 1. The second-order valence-electron chi connectivity index (χ2n) is 4.87. The van der Waals surface area contributed by atoms with Gasteiger partial charge in [0.25, 0.3) is 0 Å². The van der Waals surface area contributed by atoms with Crippen LogP contribution in [-0.2, 0) is 0 Å². The molecule has 0 aliphatic rings. The average Bonchev–Trinajstić information content (AvgIpc) is 2.81. The van der Waals surface area contributed by atoms with Crippen LogP contribution in [0.4, 0.5) is 11.5 Å². The molecule has 21 heavy (non-hydrogen) atoms. The molecule has 0 aliphatic heterocycles. The van der Waals surface area contributed by atoms with Crippen molar-refractivity contribution in [1.82, 2.24) is 14.5 Å². The minimum Gasteiger partial charge on any atom is -0.378 e. The molecule has 1 aromatic carbocycles. The zero-order valence-corrected chi connectivity index (χ0v) is 11.6. The molecular weight excluding hydrogens is 270 g/mol. The lowest BCUT2D eigenvalue weighted by molar-refractivity contribution is -0.384. The second-order valence-corrected chi connectivity index (χ2v) is 4.87. The van der Waals surface area contributed by atoms with E-state index in [2.05, 4.69) is 9.97 Å². The van der Waals surface area contributed by atoms with Crippen molar-refractivity contribution in [3.8, 4) is 5.82 Å². The van der Waals surface area contributed by atoms with Crippen LogP contribution in [0, 0.1) is 24.0 Å². The van der Waals surface area contributed by atoms with E-state index in [1.807, 2.05) is 26.0 Å². The van der Waals surface area contributed by atoms with Crippen molar-refractivity contribution in [2.75, 3.05) is 5.73 Å². The Balaban J connectivity index is 2.19. The highest BCUT2D eigenvalue weighted by atomic mass is 16.6. The average molecular weight is 283 g/mol. The summed E-state index contributed by atoms with van der Waals surface area (Å²) in [6.45, 7) is 4.04. The number of aromatic nitrogens is 3. The molecule has 106 valence electrons. The largest absolute Gasteiger partial charge is 0.378 e. The van der Waals surface area contributed by atoms with Crippen LogP contribution in [0.5, 0.6) is 0 Å². The van der Waals surface area contributed by atoms with Gasteiger partial charge in [0.15, 0.2) is 0 Å². The van der Waals surface area contributed by atoms with Gasteiger partial charge >= 0.3 is 5.69 Å². The van der Waals surface area contributed by atoms with E-state index in [1.165, 1.54) is 6.07 Å². The molecule has 3 aromatic rings. The van der Waals surface area contributed by atoms with Gasteiger partial charge < -0.3 is 5.73 Å². The first-order valence-electron chi connectivity index (χ1n) is 6.33. The van der Waals surface area contributed by atoms with Crippen LogP contribution < -0.4 is 5.73 Å². The number of hydrogen-bond donors (Lipinski definition) is 1. The van der Waals surface area contributed by atoms with Crippen LogP contribution in [0.1, 0.15) is 11.1 Å². The topological polar surface area (TPSA) is 99.9 Å². The number of aryl methyl sites for hydroxylation is 2. The lowest BCUT2D eigenvalue weighted by Crippen LogP contribution is -2.03. The first-order chi connectivity index (χ1) is 9.97. The third-order valence-corrected chi connectivity index (χ3v) is 3.49. The van der Waals surface area contributed by atoms with Gasteiger partial charge in [-0.15, -0.1) is 0 Å². The maximum absolute atomic E-state index is 10.8. The summed E-state index contributed by atoms with van der Waals surface area (Å²) in [5.41, 5.74) is 9.47. The lowest BCUT2D eigenvalue weighted by atomic mass is 10.1. The molecule has 3 rings (SSSR count). The number of nitro groups is 1. The molecule has 0 aliphatic carbocycles. The maximum Gasteiger partial charge on any atom is 0.311 e. The fraction of sp³-hybridized carbons (Fsp3) is 0.143. The molecule has 7 heteroatoms. The van der Waals surface area contributed by atoms with Gasteiger partial charge in [-0.3, -0.25) is 14.7 Å². The van der Waals surface area contributed by atoms with Gasteiger partial charge in [0.2, 0.25) is 5.82 Å². The Morgan fingerprint density at radius 1 is 1.24 bits per heavy atom. The molecule has 2 aromatic heterocycles. The third kappa shape index (κ3) is 2.08. The first-order valence-corrected chi connectivity index (χ1v) is 6.33. The number of nitrogens with two attached hydrogens (primary N) is 1. The number of hydrogen-bond acceptors (Lipinski definition) is 5. The maximum atomic E-state index is 10.8. The predicted molar refractivity (Wildman–Crippen MR) is 79.4 cm³/mol. The molecule has 0 saturated carbocycles. The van der Waals surface area contributed by atoms with Gasteiger partial charge in [0, 0.05) is 6.07 Å². The fourth-order valence-corrected chi connectivity index (χ4v) is 2.19. The summed E-state index contributed by atoms with van der Waals surface area (Å²) >= 11 is 0. The summed E-state index contributed by atoms with van der Waals surface area (Å²) in [5, 5.41) is 10.8. The summed E-state index contributed by atoms with van der Waals surface area (Å²) in [5.74, 6) is 0.395. The molecule has 0 radical (unpaired) electrons. The van der Waals surface area contributed by atoms with E-state index in [0.717, 1.165) is 22.2 Å². The van der Waals surface area contributed by atoms with Crippen molar-refractivity contribution in [3.05, 3.63) is 51.8 Å². The minimum absolute atomic E-state index is 0.108.